The van der Waals surface area contributed by atoms with Crippen LogP contribution < -0.4 is 10.9 Å². The highest BCUT2D eigenvalue weighted by molar-refractivity contribution is 5.33. The molecule has 0 fully saturated rings. The second-order valence-corrected chi connectivity index (χ2v) is 5.83. The number of aromatic nitrogens is 3. The predicted molar refractivity (Wildman–Crippen MR) is 95.4 cm³/mol. The first-order chi connectivity index (χ1) is 11.7. The summed E-state index contributed by atoms with van der Waals surface area (Å²) in [4.78, 5) is 16.9. The maximum absolute atomic E-state index is 12.8. The summed E-state index contributed by atoms with van der Waals surface area (Å²) in [6, 6.07) is 13.7. The summed E-state index contributed by atoms with van der Waals surface area (Å²) in [5.41, 5.74) is 3.91. The molecule has 1 N–H and O–H groups in total. The van der Waals surface area contributed by atoms with Gasteiger partial charge in [0.15, 0.2) is 0 Å². The van der Waals surface area contributed by atoms with Crippen molar-refractivity contribution in [1.29, 1.82) is 0 Å². The molecule has 0 aliphatic rings. The van der Waals surface area contributed by atoms with Crippen LogP contribution in [-0.4, -0.2) is 20.9 Å². The highest BCUT2D eigenvalue weighted by atomic mass is 16.1. The molecule has 5 heteroatoms. The van der Waals surface area contributed by atoms with Crippen LogP contribution in [0, 0.1) is 6.92 Å². The van der Waals surface area contributed by atoms with Gasteiger partial charge in [-0.15, -0.1) is 0 Å². The number of hydrogen-bond acceptors (Lipinski definition) is 3. The lowest BCUT2D eigenvalue weighted by Crippen LogP contribution is -2.24. The van der Waals surface area contributed by atoms with Gasteiger partial charge in [-0.3, -0.25) is 14.5 Å². The standard InChI is InChI=1S/C19H22N4O/c1-15-18(14-21-12-10-16-7-6-11-20-13-16)19(24)23(22(15)2)17-8-4-3-5-9-17/h3-9,11,13,21H,10,12,14H2,1-2H3. The third kappa shape index (κ3) is 3.31. The molecule has 2 heterocycles. The molecule has 0 amide bonds. The number of nitrogens with zero attached hydrogens (tertiary/aromatic N) is 3. The zero-order chi connectivity index (χ0) is 16.9. The second-order valence-electron chi connectivity index (χ2n) is 5.83. The van der Waals surface area contributed by atoms with Gasteiger partial charge in [0.2, 0.25) is 0 Å². The molecule has 0 atom stereocenters. The minimum atomic E-state index is 0.0371. The van der Waals surface area contributed by atoms with E-state index in [2.05, 4.69) is 16.4 Å². The van der Waals surface area contributed by atoms with Gasteiger partial charge in [-0.2, -0.15) is 0 Å². The van der Waals surface area contributed by atoms with Gasteiger partial charge in [-0.25, -0.2) is 4.68 Å². The first kappa shape index (κ1) is 16.2. The van der Waals surface area contributed by atoms with Crippen LogP contribution in [0.25, 0.3) is 5.69 Å². The summed E-state index contributed by atoms with van der Waals surface area (Å²) >= 11 is 0. The third-order valence-corrected chi connectivity index (χ3v) is 4.29. The van der Waals surface area contributed by atoms with E-state index in [0.717, 1.165) is 29.9 Å². The average Bonchev–Trinajstić information content (AvgIpc) is 2.83. The maximum Gasteiger partial charge on any atom is 0.276 e. The van der Waals surface area contributed by atoms with Gasteiger partial charge in [-0.1, -0.05) is 24.3 Å². The predicted octanol–water partition coefficient (Wildman–Crippen LogP) is 2.21. The topological polar surface area (TPSA) is 51.9 Å². The van der Waals surface area contributed by atoms with Crippen LogP contribution in [0.3, 0.4) is 0 Å². The summed E-state index contributed by atoms with van der Waals surface area (Å²) in [7, 11) is 1.92. The Labute approximate surface area is 141 Å². The normalized spacial score (nSPS) is 10.9. The minimum Gasteiger partial charge on any atom is -0.312 e. The molecule has 24 heavy (non-hydrogen) atoms. The van der Waals surface area contributed by atoms with E-state index in [1.54, 1.807) is 10.9 Å². The van der Waals surface area contributed by atoms with Gasteiger partial charge in [0.05, 0.1) is 11.3 Å². The van der Waals surface area contributed by atoms with Crippen LogP contribution >= 0.6 is 0 Å². The lowest BCUT2D eigenvalue weighted by atomic mass is 10.2. The Hall–Kier alpha value is -2.66. The highest BCUT2D eigenvalue weighted by Crippen LogP contribution is 2.09. The number of benzene rings is 1. The molecule has 0 saturated heterocycles. The van der Waals surface area contributed by atoms with Crippen molar-refractivity contribution in [3.63, 3.8) is 0 Å². The number of para-hydroxylation sites is 1. The van der Waals surface area contributed by atoms with Gasteiger partial charge < -0.3 is 5.32 Å². The van der Waals surface area contributed by atoms with Crippen molar-refractivity contribution in [2.45, 2.75) is 19.9 Å². The molecule has 5 nitrogen and oxygen atoms in total. The molecule has 0 unspecified atom stereocenters. The molecule has 3 aromatic rings. The van der Waals surface area contributed by atoms with E-state index in [1.165, 1.54) is 5.56 Å². The molecule has 0 aliphatic carbocycles. The second kappa shape index (κ2) is 7.27. The van der Waals surface area contributed by atoms with Crippen molar-refractivity contribution in [3.8, 4) is 5.69 Å². The number of nitrogens with one attached hydrogen (secondary N) is 1. The fourth-order valence-electron chi connectivity index (χ4n) is 2.82. The van der Waals surface area contributed by atoms with Crippen LogP contribution in [0.4, 0.5) is 0 Å². The van der Waals surface area contributed by atoms with E-state index in [9.17, 15) is 4.79 Å². The Morgan fingerprint density at radius 1 is 1.12 bits per heavy atom. The van der Waals surface area contributed by atoms with Crippen molar-refractivity contribution in [1.82, 2.24) is 19.7 Å². The van der Waals surface area contributed by atoms with Crippen molar-refractivity contribution < 1.29 is 0 Å². The first-order valence-electron chi connectivity index (χ1n) is 8.11. The number of pyridine rings is 1. The van der Waals surface area contributed by atoms with Gasteiger partial charge in [0.1, 0.15) is 0 Å². The van der Waals surface area contributed by atoms with E-state index in [4.69, 9.17) is 0 Å². The lowest BCUT2D eigenvalue weighted by Gasteiger charge is -2.07. The van der Waals surface area contributed by atoms with Gasteiger partial charge in [0, 0.05) is 31.7 Å². The fraction of sp³-hybridized carbons (Fsp3) is 0.263. The average molecular weight is 322 g/mol. The Balaban J connectivity index is 1.72. The number of hydrogen-bond donors (Lipinski definition) is 1. The molecule has 3 rings (SSSR count). The molecule has 2 aromatic heterocycles. The Kier molecular flexibility index (Phi) is 4.91. The van der Waals surface area contributed by atoms with Crippen LogP contribution in [0.1, 0.15) is 16.8 Å². The van der Waals surface area contributed by atoms with Crippen molar-refractivity contribution in [3.05, 3.63) is 82.0 Å². The smallest absolute Gasteiger partial charge is 0.276 e. The summed E-state index contributed by atoms with van der Waals surface area (Å²) < 4.78 is 3.63. The molecule has 0 radical (unpaired) electrons. The Morgan fingerprint density at radius 2 is 1.92 bits per heavy atom. The Bertz CT molecular complexity index is 850. The summed E-state index contributed by atoms with van der Waals surface area (Å²) in [5.74, 6) is 0. The van der Waals surface area contributed by atoms with Gasteiger partial charge in [-0.05, 0) is 43.7 Å². The summed E-state index contributed by atoms with van der Waals surface area (Å²) in [6.45, 7) is 3.36. The van der Waals surface area contributed by atoms with E-state index < -0.39 is 0 Å². The van der Waals surface area contributed by atoms with Crippen molar-refractivity contribution >= 4 is 0 Å². The molecule has 1 aromatic carbocycles. The molecule has 0 saturated carbocycles. The van der Waals surface area contributed by atoms with Crippen LogP contribution in [0.15, 0.2) is 59.7 Å². The van der Waals surface area contributed by atoms with Crippen LogP contribution in [-0.2, 0) is 20.0 Å². The summed E-state index contributed by atoms with van der Waals surface area (Å²) in [6.07, 6.45) is 4.54. The molecule has 0 aliphatic heterocycles. The largest absolute Gasteiger partial charge is 0.312 e. The quantitative estimate of drug-likeness (QED) is 0.708. The fourth-order valence-corrected chi connectivity index (χ4v) is 2.82. The van der Waals surface area contributed by atoms with E-state index in [-0.39, 0.29) is 5.56 Å². The molecular formula is C19H22N4O. The van der Waals surface area contributed by atoms with Crippen LogP contribution in [0.2, 0.25) is 0 Å². The van der Waals surface area contributed by atoms with E-state index >= 15 is 0 Å². The van der Waals surface area contributed by atoms with Crippen molar-refractivity contribution in [2.24, 2.45) is 7.05 Å². The third-order valence-electron chi connectivity index (χ3n) is 4.29. The maximum atomic E-state index is 12.8. The highest BCUT2D eigenvalue weighted by Gasteiger charge is 2.15. The first-order valence-corrected chi connectivity index (χ1v) is 8.11. The Morgan fingerprint density at radius 3 is 2.62 bits per heavy atom. The number of rotatable bonds is 6. The SMILES string of the molecule is Cc1c(CNCCc2cccnc2)c(=O)n(-c2ccccc2)n1C. The van der Waals surface area contributed by atoms with E-state index in [1.807, 2.05) is 61.2 Å². The van der Waals surface area contributed by atoms with E-state index in [0.29, 0.717) is 6.54 Å². The lowest BCUT2D eigenvalue weighted by molar-refractivity contribution is 0.629. The van der Waals surface area contributed by atoms with Crippen molar-refractivity contribution in [2.75, 3.05) is 6.54 Å². The monoisotopic (exact) mass is 322 g/mol. The molecule has 0 bridgehead atoms. The zero-order valence-electron chi connectivity index (χ0n) is 14.1. The molecule has 0 spiro atoms. The molecular weight excluding hydrogens is 300 g/mol. The molecule has 124 valence electrons. The van der Waals surface area contributed by atoms with Gasteiger partial charge >= 0.3 is 0 Å². The zero-order valence-corrected chi connectivity index (χ0v) is 14.1. The van der Waals surface area contributed by atoms with Crippen LogP contribution in [0.5, 0.6) is 0 Å². The summed E-state index contributed by atoms with van der Waals surface area (Å²) in [5, 5.41) is 3.37. The van der Waals surface area contributed by atoms with Gasteiger partial charge in [0.25, 0.3) is 5.56 Å². The minimum absolute atomic E-state index is 0.0371.